The van der Waals surface area contributed by atoms with Crippen LogP contribution >= 0.6 is 0 Å². The van der Waals surface area contributed by atoms with Crippen molar-refractivity contribution >= 4 is 11.8 Å². The van der Waals surface area contributed by atoms with Crippen molar-refractivity contribution < 1.29 is 14.3 Å². The van der Waals surface area contributed by atoms with Gasteiger partial charge in [0.15, 0.2) is 0 Å². The summed E-state index contributed by atoms with van der Waals surface area (Å²) in [6.07, 6.45) is 2.86. The maximum Gasteiger partial charge on any atom is 0.226 e. The minimum atomic E-state index is 0.0180. The van der Waals surface area contributed by atoms with E-state index in [0.29, 0.717) is 19.4 Å². The summed E-state index contributed by atoms with van der Waals surface area (Å²) in [7, 11) is 1.65. The molecular weight excluding hydrogens is 376 g/mol. The van der Waals surface area contributed by atoms with Gasteiger partial charge in [-0.15, -0.1) is 0 Å². The SMILES string of the molecule is COc1ccc(CN2CC3(CCN(C(=O)Cc4ccc(C)cc4)CC3)CC2=O)cc1. The number of benzene rings is 2. The summed E-state index contributed by atoms with van der Waals surface area (Å²) in [5.74, 6) is 1.24. The standard InChI is InChI=1S/C25H30N2O3/c1-19-3-5-20(6-4-19)15-23(28)26-13-11-25(12-14-26)16-24(29)27(18-25)17-21-7-9-22(30-2)10-8-21/h3-10H,11-18H2,1-2H3. The Bertz CT molecular complexity index is 897. The van der Waals surface area contributed by atoms with Crippen molar-refractivity contribution in [1.29, 1.82) is 0 Å². The van der Waals surface area contributed by atoms with Crippen LogP contribution in [-0.4, -0.2) is 48.4 Å². The van der Waals surface area contributed by atoms with Crippen LogP contribution in [0.4, 0.5) is 0 Å². The molecule has 0 aromatic heterocycles. The first kappa shape index (κ1) is 20.5. The fourth-order valence-corrected chi connectivity index (χ4v) is 4.63. The third-order valence-corrected chi connectivity index (χ3v) is 6.59. The Balaban J connectivity index is 1.31. The van der Waals surface area contributed by atoms with Crippen LogP contribution in [-0.2, 0) is 22.6 Å². The number of rotatable bonds is 5. The number of aryl methyl sites for hydroxylation is 1. The lowest BCUT2D eigenvalue weighted by molar-refractivity contribution is -0.132. The van der Waals surface area contributed by atoms with E-state index in [2.05, 4.69) is 19.1 Å². The third-order valence-electron chi connectivity index (χ3n) is 6.59. The topological polar surface area (TPSA) is 49.9 Å². The number of nitrogens with zero attached hydrogens (tertiary/aromatic N) is 2. The zero-order valence-corrected chi connectivity index (χ0v) is 17.9. The number of likely N-dealkylation sites (tertiary alicyclic amines) is 2. The molecule has 0 aliphatic carbocycles. The van der Waals surface area contributed by atoms with E-state index >= 15 is 0 Å². The van der Waals surface area contributed by atoms with Gasteiger partial charge >= 0.3 is 0 Å². The van der Waals surface area contributed by atoms with Gasteiger partial charge in [0.2, 0.25) is 11.8 Å². The first-order valence-electron chi connectivity index (χ1n) is 10.7. The quantitative estimate of drug-likeness (QED) is 0.763. The van der Waals surface area contributed by atoms with Crippen LogP contribution in [0.5, 0.6) is 5.75 Å². The maximum absolute atomic E-state index is 12.7. The number of ether oxygens (including phenoxy) is 1. The van der Waals surface area contributed by atoms with Gasteiger partial charge in [0.1, 0.15) is 5.75 Å². The predicted molar refractivity (Wildman–Crippen MR) is 116 cm³/mol. The molecule has 2 aliphatic rings. The number of piperidine rings is 1. The van der Waals surface area contributed by atoms with E-state index < -0.39 is 0 Å². The van der Waals surface area contributed by atoms with Crippen LogP contribution in [0.15, 0.2) is 48.5 Å². The fourth-order valence-electron chi connectivity index (χ4n) is 4.63. The maximum atomic E-state index is 12.7. The number of carbonyl (C=O) groups is 2. The van der Waals surface area contributed by atoms with E-state index in [-0.39, 0.29) is 17.2 Å². The molecule has 4 rings (SSSR count). The van der Waals surface area contributed by atoms with Gasteiger partial charge in [0.25, 0.3) is 0 Å². The molecule has 2 aliphatic heterocycles. The van der Waals surface area contributed by atoms with E-state index in [0.717, 1.165) is 49.4 Å². The molecule has 1 spiro atoms. The van der Waals surface area contributed by atoms with Crippen LogP contribution in [0.3, 0.4) is 0 Å². The number of amides is 2. The monoisotopic (exact) mass is 406 g/mol. The minimum absolute atomic E-state index is 0.0180. The Hall–Kier alpha value is -2.82. The Labute approximate surface area is 178 Å². The normalized spacial score (nSPS) is 18.1. The van der Waals surface area contributed by atoms with E-state index in [1.807, 2.05) is 46.2 Å². The van der Waals surface area contributed by atoms with Crippen LogP contribution in [0.1, 0.15) is 36.0 Å². The van der Waals surface area contributed by atoms with Gasteiger partial charge in [-0.2, -0.15) is 0 Å². The molecule has 2 fully saturated rings. The lowest BCUT2D eigenvalue weighted by Gasteiger charge is -2.39. The zero-order valence-electron chi connectivity index (χ0n) is 17.9. The highest BCUT2D eigenvalue weighted by molar-refractivity contribution is 5.80. The lowest BCUT2D eigenvalue weighted by Crippen LogP contribution is -2.44. The first-order chi connectivity index (χ1) is 14.5. The Kier molecular flexibility index (Phi) is 5.80. The number of methoxy groups -OCH3 is 1. The average molecular weight is 407 g/mol. The third kappa shape index (κ3) is 4.50. The minimum Gasteiger partial charge on any atom is -0.497 e. The van der Waals surface area contributed by atoms with Gasteiger partial charge < -0.3 is 14.5 Å². The second-order valence-corrected chi connectivity index (χ2v) is 8.82. The molecule has 0 N–H and O–H groups in total. The summed E-state index contributed by atoms with van der Waals surface area (Å²) in [5, 5.41) is 0. The Morgan fingerprint density at radius 1 is 1.00 bits per heavy atom. The second kappa shape index (κ2) is 8.50. The fraction of sp³-hybridized carbons (Fsp3) is 0.440. The molecule has 0 bridgehead atoms. The van der Waals surface area contributed by atoms with Crippen molar-refractivity contribution in [2.24, 2.45) is 5.41 Å². The molecule has 2 aromatic rings. The molecule has 0 saturated carbocycles. The molecule has 5 heteroatoms. The highest BCUT2D eigenvalue weighted by Gasteiger charge is 2.45. The number of hydrogen-bond donors (Lipinski definition) is 0. The molecular formula is C25H30N2O3. The van der Waals surface area contributed by atoms with Crippen LogP contribution in [0.25, 0.3) is 0 Å². The number of hydrogen-bond acceptors (Lipinski definition) is 3. The average Bonchev–Trinajstić information content (AvgIpc) is 3.05. The molecule has 0 unspecified atom stereocenters. The number of carbonyl (C=O) groups excluding carboxylic acids is 2. The van der Waals surface area contributed by atoms with Gasteiger partial charge in [-0.1, -0.05) is 42.0 Å². The zero-order chi connectivity index (χ0) is 21.1. The van der Waals surface area contributed by atoms with Gasteiger partial charge in [0.05, 0.1) is 13.5 Å². The highest BCUT2D eigenvalue weighted by Crippen LogP contribution is 2.41. The summed E-state index contributed by atoms with van der Waals surface area (Å²) in [6, 6.07) is 16.1. The van der Waals surface area contributed by atoms with Crippen LogP contribution in [0.2, 0.25) is 0 Å². The highest BCUT2D eigenvalue weighted by atomic mass is 16.5. The molecule has 2 aromatic carbocycles. The van der Waals surface area contributed by atoms with Crippen LogP contribution in [0, 0.1) is 12.3 Å². The predicted octanol–water partition coefficient (Wildman–Crippen LogP) is 3.59. The summed E-state index contributed by atoms with van der Waals surface area (Å²) in [4.78, 5) is 29.3. The molecule has 5 nitrogen and oxygen atoms in total. The van der Waals surface area contributed by atoms with Crippen molar-refractivity contribution in [2.75, 3.05) is 26.7 Å². The molecule has 30 heavy (non-hydrogen) atoms. The van der Waals surface area contributed by atoms with E-state index in [4.69, 9.17) is 4.74 Å². The van der Waals surface area contributed by atoms with Gasteiger partial charge in [0, 0.05) is 38.0 Å². The smallest absolute Gasteiger partial charge is 0.226 e. The van der Waals surface area contributed by atoms with Crippen molar-refractivity contribution in [2.45, 2.75) is 39.2 Å². The van der Waals surface area contributed by atoms with Crippen molar-refractivity contribution in [1.82, 2.24) is 9.80 Å². The second-order valence-electron chi connectivity index (χ2n) is 8.82. The summed E-state index contributed by atoms with van der Waals surface area (Å²) >= 11 is 0. The molecule has 0 radical (unpaired) electrons. The van der Waals surface area contributed by atoms with E-state index in [1.165, 1.54) is 5.56 Å². The van der Waals surface area contributed by atoms with Crippen LogP contribution < -0.4 is 4.74 Å². The largest absolute Gasteiger partial charge is 0.497 e. The molecule has 2 heterocycles. The summed E-state index contributed by atoms with van der Waals surface area (Å²) < 4.78 is 5.21. The van der Waals surface area contributed by atoms with Crippen molar-refractivity contribution in [3.63, 3.8) is 0 Å². The van der Waals surface area contributed by atoms with Crippen molar-refractivity contribution in [3.05, 3.63) is 65.2 Å². The molecule has 0 atom stereocenters. The van der Waals surface area contributed by atoms with Gasteiger partial charge in [-0.3, -0.25) is 9.59 Å². The Morgan fingerprint density at radius 2 is 1.63 bits per heavy atom. The van der Waals surface area contributed by atoms with Crippen molar-refractivity contribution in [3.8, 4) is 5.75 Å². The Morgan fingerprint density at radius 3 is 2.27 bits per heavy atom. The van der Waals surface area contributed by atoms with E-state index in [9.17, 15) is 9.59 Å². The lowest BCUT2D eigenvalue weighted by atomic mass is 9.77. The van der Waals surface area contributed by atoms with Gasteiger partial charge in [-0.25, -0.2) is 0 Å². The molecule has 2 saturated heterocycles. The summed E-state index contributed by atoms with van der Waals surface area (Å²) in [6.45, 7) is 4.97. The molecule has 2 amide bonds. The molecule has 158 valence electrons. The van der Waals surface area contributed by atoms with E-state index in [1.54, 1.807) is 7.11 Å². The van der Waals surface area contributed by atoms with Gasteiger partial charge in [-0.05, 0) is 43.0 Å². The summed E-state index contributed by atoms with van der Waals surface area (Å²) in [5.41, 5.74) is 3.40. The first-order valence-corrected chi connectivity index (χ1v) is 10.7.